The molecular formula is C16H13FN4. The number of nitrogens with one attached hydrogen (secondary N) is 1. The highest BCUT2D eigenvalue weighted by molar-refractivity contribution is 5.57. The highest BCUT2D eigenvalue weighted by atomic mass is 19.1. The third-order valence-corrected chi connectivity index (χ3v) is 3.38. The summed E-state index contributed by atoms with van der Waals surface area (Å²) in [6.07, 6.45) is 1.95. The van der Waals surface area contributed by atoms with E-state index in [9.17, 15) is 4.39 Å². The van der Waals surface area contributed by atoms with E-state index in [-0.39, 0.29) is 0 Å². The molecule has 2 heterocycles. The predicted molar refractivity (Wildman–Crippen MR) is 78.4 cm³/mol. The van der Waals surface area contributed by atoms with Gasteiger partial charge in [-0.3, -0.25) is 0 Å². The van der Waals surface area contributed by atoms with Crippen LogP contribution in [0.2, 0.25) is 0 Å². The molecule has 0 aliphatic rings. The Morgan fingerprint density at radius 3 is 3.00 bits per heavy atom. The Bertz CT molecular complexity index is 845. The lowest BCUT2D eigenvalue weighted by Crippen LogP contribution is -2.05. The molecule has 0 spiro atoms. The molecule has 2 aromatic heterocycles. The Morgan fingerprint density at radius 2 is 2.19 bits per heavy atom. The quantitative estimate of drug-likeness (QED) is 0.801. The molecule has 1 N–H and O–H groups in total. The topological polar surface area (TPSA) is 53.1 Å². The summed E-state index contributed by atoms with van der Waals surface area (Å²) in [4.78, 5) is 4.48. The molecule has 0 saturated carbocycles. The van der Waals surface area contributed by atoms with Gasteiger partial charge in [0.1, 0.15) is 17.5 Å². The Balaban J connectivity index is 1.91. The Labute approximate surface area is 121 Å². The average molecular weight is 280 g/mol. The van der Waals surface area contributed by atoms with E-state index in [1.54, 1.807) is 6.07 Å². The van der Waals surface area contributed by atoms with Gasteiger partial charge in [0.05, 0.1) is 29.2 Å². The van der Waals surface area contributed by atoms with Crippen molar-refractivity contribution < 1.29 is 4.39 Å². The van der Waals surface area contributed by atoms with E-state index >= 15 is 0 Å². The normalized spacial score (nSPS) is 10.5. The molecule has 0 amide bonds. The van der Waals surface area contributed by atoms with E-state index in [1.807, 2.05) is 41.8 Å². The van der Waals surface area contributed by atoms with Crippen LogP contribution >= 0.6 is 0 Å². The first-order valence-electron chi connectivity index (χ1n) is 6.55. The molecule has 0 unspecified atom stereocenters. The number of rotatable bonds is 3. The van der Waals surface area contributed by atoms with Crippen LogP contribution in [0.3, 0.4) is 0 Å². The molecule has 1 aromatic carbocycles. The van der Waals surface area contributed by atoms with Crippen molar-refractivity contribution in [3.63, 3.8) is 0 Å². The van der Waals surface area contributed by atoms with Crippen molar-refractivity contribution in [2.75, 3.05) is 5.32 Å². The van der Waals surface area contributed by atoms with Gasteiger partial charge < -0.3 is 9.72 Å². The van der Waals surface area contributed by atoms with Crippen molar-refractivity contribution in [2.24, 2.45) is 0 Å². The summed E-state index contributed by atoms with van der Waals surface area (Å²) in [5, 5.41) is 12.2. The zero-order valence-electron chi connectivity index (χ0n) is 11.5. The molecule has 0 atom stereocenters. The fourth-order valence-electron chi connectivity index (χ4n) is 2.32. The lowest BCUT2D eigenvalue weighted by atomic mass is 10.2. The summed E-state index contributed by atoms with van der Waals surface area (Å²) in [5.41, 5.74) is 3.73. The smallest absolute Gasteiger partial charge is 0.137 e. The minimum absolute atomic E-state index is 0.293. The maximum Gasteiger partial charge on any atom is 0.137 e. The first-order chi connectivity index (χ1) is 10.2. The number of nitriles is 1. The van der Waals surface area contributed by atoms with Gasteiger partial charge in [0.15, 0.2) is 0 Å². The summed E-state index contributed by atoms with van der Waals surface area (Å²) >= 11 is 0. The van der Waals surface area contributed by atoms with Crippen molar-refractivity contribution in [2.45, 2.75) is 13.5 Å². The van der Waals surface area contributed by atoms with Gasteiger partial charge >= 0.3 is 0 Å². The molecule has 0 aliphatic heterocycles. The standard InChI is InChI=1S/C16H13FN4/c1-11-15(21-7-3-2-4-16(21)20-11)10-19-14-6-5-13(17)8-12(14)9-18/h2-8,19H,10H2,1H3. The van der Waals surface area contributed by atoms with Crippen LogP contribution < -0.4 is 5.32 Å². The van der Waals surface area contributed by atoms with Crippen molar-refractivity contribution in [3.8, 4) is 6.07 Å². The number of aromatic nitrogens is 2. The van der Waals surface area contributed by atoms with Gasteiger partial charge in [-0.05, 0) is 37.3 Å². The molecule has 3 aromatic rings. The molecule has 104 valence electrons. The van der Waals surface area contributed by atoms with E-state index < -0.39 is 5.82 Å². The second-order valence-corrected chi connectivity index (χ2v) is 4.73. The van der Waals surface area contributed by atoms with Gasteiger partial charge in [-0.15, -0.1) is 0 Å². The van der Waals surface area contributed by atoms with Crippen LogP contribution in [0.15, 0.2) is 42.6 Å². The van der Waals surface area contributed by atoms with Crippen LogP contribution in [0, 0.1) is 24.1 Å². The van der Waals surface area contributed by atoms with Gasteiger partial charge in [-0.1, -0.05) is 6.07 Å². The highest BCUT2D eigenvalue weighted by Gasteiger charge is 2.09. The Morgan fingerprint density at radius 1 is 1.33 bits per heavy atom. The maximum absolute atomic E-state index is 13.1. The van der Waals surface area contributed by atoms with Crippen molar-refractivity contribution in [1.29, 1.82) is 5.26 Å². The first-order valence-corrected chi connectivity index (χ1v) is 6.55. The van der Waals surface area contributed by atoms with Crippen LogP contribution in [-0.2, 0) is 6.54 Å². The maximum atomic E-state index is 13.1. The molecule has 5 heteroatoms. The molecule has 0 aliphatic carbocycles. The molecule has 0 saturated heterocycles. The summed E-state index contributed by atoms with van der Waals surface area (Å²) < 4.78 is 15.1. The third kappa shape index (κ3) is 2.43. The number of hydrogen-bond donors (Lipinski definition) is 1. The van der Waals surface area contributed by atoms with E-state index in [4.69, 9.17) is 5.26 Å². The van der Waals surface area contributed by atoms with Crippen molar-refractivity contribution in [3.05, 3.63) is 65.4 Å². The number of halogens is 1. The number of hydrogen-bond acceptors (Lipinski definition) is 3. The van der Waals surface area contributed by atoms with Gasteiger partial charge in [0.25, 0.3) is 0 Å². The van der Waals surface area contributed by atoms with E-state index in [1.165, 1.54) is 12.1 Å². The van der Waals surface area contributed by atoms with Gasteiger partial charge in [0, 0.05) is 6.20 Å². The van der Waals surface area contributed by atoms with Gasteiger partial charge in [0.2, 0.25) is 0 Å². The number of anilines is 1. The fraction of sp³-hybridized carbons (Fsp3) is 0.125. The van der Waals surface area contributed by atoms with Crippen LogP contribution in [0.5, 0.6) is 0 Å². The Hall–Kier alpha value is -2.87. The monoisotopic (exact) mass is 280 g/mol. The number of pyridine rings is 1. The second-order valence-electron chi connectivity index (χ2n) is 4.73. The van der Waals surface area contributed by atoms with E-state index in [0.29, 0.717) is 17.8 Å². The minimum Gasteiger partial charge on any atom is -0.378 e. The van der Waals surface area contributed by atoms with Crippen LogP contribution in [-0.4, -0.2) is 9.38 Å². The molecule has 0 radical (unpaired) electrons. The van der Waals surface area contributed by atoms with Gasteiger partial charge in [-0.25, -0.2) is 9.37 Å². The van der Waals surface area contributed by atoms with Gasteiger partial charge in [-0.2, -0.15) is 5.26 Å². The molecule has 3 rings (SSSR count). The number of benzene rings is 1. The van der Waals surface area contributed by atoms with Crippen LogP contribution in [0.1, 0.15) is 17.0 Å². The first kappa shape index (κ1) is 13.1. The zero-order chi connectivity index (χ0) is 14.8. The number of aryl methyl sites for hydroxylation is 1. The van der Waals surface area contributed by atoms with Crippen molar-refractivity contribution in [1.82, 2.24) is 9.38 Å². The summed E-state index contributed by atoms with van der Waals surface area (Å²) in [7, 11) is 0. The molecule has 21 heavy (non-hydrogen) atoms. The van der Waals surface area contributed by atoms with Crippen LogP contribution in [0.25, 0.3) is 5.65 Å². The number of nitrogens with zero attached hydrogens (tertiary/aromatic N) is 3. The largest absolute Gasteiger partial charge is 0.378 e. The Kier molecular flexibility index (Phi) is 3.28. The highest BCUT2D eigenvalue weighted by Crippen LogP contribution is 2.18. The number of imidazole rings is 1. The average Bonchev–Trinajstić information content (AvgIpc) is 2.81. The van der Waals surface area contributed by atoms with Crippen molar-refractivity contribution >= 4 is 11.3 Å². The fourth-order valence-corrected chi connectivity index (χ4v) is 2.32. The molecule has 0 bridgehead atoms. The summed E-state index contributed by atoms with van der Waals surface area (Å²) in [5.74, 6) is -0.414. The van der Waals surface area contributed by atoms with E-state index in [2.05, 4.69) is 10.3 Å². The lowest BCUT2D eigenvalue weighted by molar-refractivity contribution is 0.627. The summed E-state index contributed by atoms with van der Waals surface area (Å²) in [6, 6.07) is 12.0. The molecule has 0 fully saturated rings. The predicted octanol–water partition coefficient (Wildman–Crippen LogP) is 3.27. The SMILES string of the molecule is Cc1nc2ccccn2c1CNc1ccc(F)cc1C#N. The molecule has 4 nitrogen and oxygen atoms in total. The minimum atomic E-state index is -0.414. The van der Waals surface area contributed by atoms with E-state index in [0.717, 1.165) is 17.0 Å². The second kappa shape index (κ2) is 5.25. The molecular weight excluding hydrogens is 267 g/mol. The zero-order valence-corrected chi connectivity index (χ0v) is 11.5. The number of fused-ring (bicyclic) bond motifs is 1. The lowest BCUT2D eigenvalue weighted by Gasteiger charge is -2.09. The third-order valence-electron chi connectivity index (χ3n) is 3.38. The van der Waals surface area contributed by atoms with Crippen LogP contribution in [0.4, 0.5) is 10.1 Å². The summed E-state index contributed by atoms with van der Waals surface area (Å²) in [6.45, 7) is 2.46.